The normalized spacial score (nSPS) is 12.5. The fourth-order valence-electron chi connectivity index (χ4n) is 2.14. The zero-order valence-corrected chi connectivity index (χ0v) is 11.7. The largest absolute Gasteiger partial charge is 0.439 e. The molecule has 1 aromatic heterocycles. The van der Waals surface area contributed by atoms with Crippen LogP contribution in [0.4, 0.5) is 13.2 Å². The molecule has 0 amide bonds. The van der Waals surface area contributed by atoms with Crippen LogP contribution in [0.3, 0.4) is 0 Å². The highest BCUT2D eigenvalue weighted by molar-refractivity contribution is 5.73. The number of aliphatic hydroxyl groups excluding tert-OH is 1. The highest BCUT2D eigenvalue weighted by Crippen LogP contribution is 2.31. The van der Waals surface area contributed by atoms with Gasteiger partial charge >= 0.3 is 6.18 Å². The Morgan fingerprint density at radius 3 is 2.67 bits per heavy atom. The summed E-state index contributed by atoms with van der Waals surface area (Å²) >= 11 is 0. The number of fused-ring (bicyclic) bond motifs is 1. The number of rotatable bonds is 6. The summed E-state index contributed by atoms with van der Waals surface area (Å²) in [6.07, 6.45) is -3.49. The van der Waals surface area contributed by atoms with E-state index >= 15 is 0 Å². The molecule has 0 aliphatic carbocycles. The number of oxazole rings is 1. The Balaban J connectivity index is 2.22. The lowest BCUT2D eigenvalue weighted by atomic mass is 10.2. The molecule has 0 bridgehead atoms. The molecule has 21 heavy (non-hydrogen) atoms. The van der Waals surface area contributed by atoms with Crippen LogP contribution >= 0.6 is 0 Å². The van der Waals surface area contributed by atoms with Crippen molar-refractivity contribution in [3.63, 3.8) is 0 Å². The number of benzene rings is 1. The Morgan fingerprint density at radius 1 is 1.29 bits per heavy atom. The minimum atomic E-state index is -4.39. The van der Waals surface area contributed by atoms with Gasteiger partial charge in [-0.1, -0.05) is 6.92 Å². The molecule has 1 heterocycles. The van der Waals surface area contributed by atoms with E-state index in [1.165, 1.54) is 6.07 Å². The molecule has 0 saturated heterocycles. The molecule has 116 valence electrons. The van der Waals surface area contributed by atoms with Crippen molar-refractivity contribution in [2.75, 3.05) is 19.7 Å². The molecule has 0 saturated carbocycles. The molecule has 1 N–H and O–H groups in total. The summed E-state index contributed by atoms with van der Waals surface area (Å²) < 4.78 is 43.4. The van der Waals surface area contributed by atoms with Crippen LogP contribution in [-0.2, 0) is 12.7 Å². The topological polar surface area (TPSA) is 49.5 Å². The lowest BCUT2D eigenvalue weighted by Crippen LogP contribution is -2.27. The highest BCUT2D eigenvalue weighted by atomic mass is 19.4. The van der Waals surface area contributed by atoms with Crippen molar-refractivity contribution in [1.82, 2.24) is 9.88 Å². The number of aromatic nitrogens is 1. The van der Waals surface area contributed by atoms with E-state index in [4.69, 9.17) is 9.52 Å². The Morgan fingerprint density at radius 2 is 2.05 bits per heavy atom. The number of hydrogen-bond donors (Lipinski definition) is 1. The van der Waals surface area contributed by atoms with Crippen LogP contribution in [0.2, 0.25) is 0 Å². The Labute approximate surface area is 120 Å². The standard InChI is InChI=1S/C14H17F3N2O2/c1-2-5-19(6-7-20)9-13-18-11-8-10(14(15,16)17)3-4-12(11)21-13/h3-4,8,20H,2,5-7,9H2,1H3. The van der Waals surface area contributed by atoms with Crippen molar-refractivity contribution < 1.29 is 22.7 Å². The molecule has 0 spiro atoms. The van der Waals surface area contributed by atoms with Crippen molar-refractivity contribution >= 4 is 11.1 Å². The van der Waals surface area contributed by atoms with Gasteiger partial charge in [0.2, 0.25) is 5.89 Å². The van der Waals surface area contributed by atoms with E-state index in [1.807, 2.05) is 11.8 Å². The van der Waals surface area contributed by atoms with Crippen LogP contribution in [0.1, 0.15) is 24.8 Å². The van der Waals surface area contributed by atoms with Crippen LogP contribution in [0.5, 0.6) is 0 Å². The zero-order chi connectivity index (χ0) is 15.5. The van der Waals surface area contributed by atoms with Gasteiger partial charge in [0.05, 0.1) is 18.7 Å². The maximum atomic E-state index is 12.6. The number of aliphatic hydroxyl groups is 1. The molecular weight excluding hydrogens is 285 g/mol. The average molecular weight is 302 g/mol. The second-order valence-corrected chi connectivity index (χ2v) is 4.79. The predicted molar refractivity (Wildman–Crippen MR) is 71.7 cm³/mol. The molecule has 2 aromatic rings. The third kappa shape index (κ3) is 3.95. The van der Waals surface area contributed by atoms with Gasteiger partial charge in [0, 0.05) is 6.54 Å². The molecular formula is C14H17F3N2O2. The summed E-state index contributed by atoms with van der Waals surface area (Å²) in [7, 11) is 0. The molecule has 0 aliphatic rings. The lowest BCUT2D eigenvalue weighted by Gasteiger charge is -2.17. The molecule has 0 unspecified atom stereocenters. The molecule has 1 aromatic carbocycles. The maximum Gasteiger partial charge on any atom is 0.416 e. The van der Waals surface area contributed by atoms with Gasteiger partial charge in [-0.05, 0) is 31.2 Å². The summed E-state index contributed by atoms with van der Waals surface area (Å²) in [4.78, 5) is 6.04. The molecule has 7 heteroatoms. The second-order valence-electron chi connectivity index (χ2n) is 4.79. The van der Waals surface area contributed by atoms with Crippen LogP contribution in [0, 0.1) is 0 Å². The molecule has 2 rings (SSSR count). The van der Waals surface area contributed by atoms with E-state index < -0.39 is 11.7 Å². The minimum absolute atomic E-state index is 0.0124. The maximum absolute atomic E-state index is 12.6. The number of nitrogens with zero attached hydrogens (tertiary/aromatic N) is 2. The van der Waals surface area contributed by atoms with E-state index in [0.717, 1.165) is 25.1 Å². The van der Waals surface area contributed by atoms with E-state index in [2.05, 4.69) is 4.98 Å². The monoisotopic (exact) mass is 302 g/mol. The van der Waals surface area contributed by atoms with Gasteiger partial charge in [-0.2, -0.15) is 13.2 Å². The molecule has 0 radical (unpaired) electrons. The van der Waals surface area contributed by atoms with Gasteiger partial charge in [-0.25, -0.2) is 4.98 Å². The lowest BCUT2D eigenvalue weighted by molar-refractivity contribution is -0.137. The Kier molecular flexibility index (Phi) is 4.84. The fraction of sp³-hybridized carbons (Fsp3) is 0.500. The van der Waals surface area contributed by atoms with Gasteiger partial charge in [0.1, 0.15) is 5.52 Å². The second kappa shape index (κ2) is 6.44. The summed E-state index contributed by atoms with van der Waals surface area (Å²) in [5, 5.41) is 8.99. The minimum Gasteiger partial charge on any atom is -0.439 e. The van der Waals surface area contributed by atoms with Crippen molar-refractivity contribution in [1.29, 1.82) is 0 Å². The number of alkyl halides is 3. The average Bonchev–Trinajstić information content (AvgIpc) is 2.79. The first-order valence-corrected chi connectivity index (χ1v) is 6.74. The van der Waals surface area contributed by atoms with Crippen LogP contribution < -0.4 is 0 Å². The molecule has 4 nitrogen and oxygen atoms in total. The third-order valence-electron chi connectivity index (χ3n) is 3.07. The first-order chi connectivity index (χ1) is 9.94. The third-order valence-corrected chi connectivity index (χ3v) is 3.07. The molecule has 0 atom stereocenters. The zero-order valence-electron chi connectivity index (χ0n) is 11.7. The summed E-state index contributed by atoms with van der Waals surface area (Å²) in [5.41, 5.74) is -0.214. The van der Waals surface area contributed by atoms with Crippen molar-refractivity contribution in [3.8, 4) is 0 Å². The van der Waals surface area contributed by atoms with Crippen molar-refractivity contribution in [3.05, 3.63) is 29.7 Å². The summed E-state index contributed by atoms with van der Waals surface area (Å²) in [6.45, 7) is 3.61. The first kappa shape index (κ1) is 15.8. The molecule has 0 fully saturated rings. The number of halogens is 3. The summed E-state index contributed by atoms with van der Waals surface area (Å²) in [6, 6.07) is 3.25. The van der Waals surface area contributed by atoms with E-state index in [1.54, 1.807) is 0 Å². The quantitative estimate of drug-likeness (QED) is 0.891. The predicted octanol–water partition coefficient (Wildman–Crippen LogP) is 3.05. The summed E-state index contributed by atoms with van der Waals surface area (Å²) in [5.74, 6) is 0.353. The smallest absolute Gasteiger partial charge is 0.416 e. The van der Waals surface area contributed by atoms with E-state index in [-0.39, 0.29) is 12.1 Å². The highest BCUT2D eigenvalue weighted by Gasteiger charge is 2.31. The van der Waals surface area contributed by atoms with Crippen molar-refractivity contribution in [2.24, 2.45) is 0 Å². The van der Waals surface area contributed by atoms with Gasteiger partial charge < -0.3 is 9.52 Å². The van der Waals surface area contributed by atoms with Gasteiger partial charge in [-0.15, -0.1) is 0 Å². The van der Waals surface area contributed by atoms with Crippen molar-refractivity contribution in [2.45, 2.75) is 26.1 Å². The van der Waals surface area contributed by atoms with E-state index in [0.29, 0.717) is 24.6 Å². The van der Waals surface area contributed by atoms with Crippen LogP contribution in [0.25, 0.3) is 11.1 Å². The molecule has 0 aliphatic heterocycles. The van der Waals surface area contributed by atoms with Gasteiger partial charge in [0.25, 0.3) is 0 Å². The SMILES string of the molecule is CCCN(CCO)Cc1nc2cc(C(F)(F)F)ccc2o1. The van der Waals surface area contributed by atoms with Crippen LogP contribution in [0.15, 0.2) is 22.6 Å². The Hall–Kier alpha value is -1.60. The first-order valence-electron chi connectivity index (χ1n) is 6.74. The number of hydrogen-bond acceptors (Lipinski definition) is 4. The van der Waals surface area contributed by atoms with Crippen LogP contribution in [-0.4, -0.2) is 34.7 Å². The van der Waals surface area contributed by atoms with E-state index in [9.17, 15) is 13.2 Å². The Bertz CT molecular complexity index is 589. The van der Waals surface area contributed by atoms with Gasteiger partial charge in [-0.3, -0.25) is 4.90 Å². The fourth-order valence-corrected chi connectivity index (χ4v) is 2.14. The van der Waals surface area contributed by atoms with Gasteiger partial charge in [0.15, 0.2) is 5.58 Å².